The van der Waals surface area contributed by atoms with E-state index in [9.17, 15) is 9.59 Å². The maximum atomic E-state index is 12.7. The number of carbonyl (C=O) groups is 1. The number of thiazole rings is 1. The van der Waals surface area contributed by atoms with Crippen LogP contribution in [0.3, 0.4) is 0 Å². The van der Waals surface area contributed by atoms with Gasteiger partial charge < -0.3 is 14.5 Å². The Bertz CT molecular complexity index is 1530. The van der Waals surface area contributed by atoms with Crippen LogP contribution in [0.1, 0.15) is 15.9 Å². The molecule has 0 fully saturated rings. The Hall–Kier alpha value is -3.97. The predicted octanol–water partition coefficient (Wildman–Crippen LogP) is 5.64. The molecule has 0 saturated heterocycles. The van der Waals surface area contributed by atoms with Crippen molar-refractivity contribution >= 4 is 44.1 Å². The number of carbonyl (C=O) groups excluding carboxylic acids is 1. The first kappa shape index (κ1) is 20.0. The molecule has 1 amide bonds. The van der Waals surface area contributed by atoms with Crippen LogP contribution in [0.4, 0.5) is 5.69 Å². The van der Waals surface area contributed by atoms with Crippen LogP contribution < -0.4 is 15.7 Å². The molecule has 158 valence electrons. The third kappa shape index (κ3) is 3.74. The van der Waals surface area contributed by atoms with Crippen molar-refractivity contribution < 1.29 is 13.9 Å². The van der Waals surface area contributed by atoms with Gasteiger partial charge in [0.25, 0.3) is 5.91 Å². The molecule has 5 aromatic rings. The summed E-state index contributed by atoms with van der Waals surface area (Å²) in [5, 5.41) is 4.27. The van der Waals surface area contributed by atoms with E-state index in [2.05, 4.69) is 23.3 Å². The van der Waals surface area contributed by atoms with E-state index in [0.717, 1.165) is 20.8 Å². The second-order valence-electron chi connectivity index (χ2n) is 7.37. The summed E-state index contributed by atoms with van der Waals surface area (Å²) in [5.74, 6) is 0.0741. The highest BCUT2D eigenvalue weighted by Gasteiger charge is 2.15. The van der Waals surface area contributed by atoms with Crippen molar-refractivity contribution in [2.75, 3.05) is 12.4 Å². The van der Waals surface area contributed by atoms with Gasteiger partial charge in [-0.2, -0.15) is 0 Å². The maximum absolute atomic E-state index is 12.7. The molecular formula is C25H18N2O4S. The summed E-state index contributed by atoms with van der Waals surface area (Å²) in [4.78, 5) is 29.7. The fourth-order valence-corrected chi connectivity index (χ4v) is 4.51. The van der Waals surface area contributed by atoms with E-state index in [1.807, 2.05) is 24.3 Å². The van der Waals surface area contributed by atoms with Gasteiger partial charge in [-0.3, -0.25) is 4.79 Å². The van der Waals surface area contributed by atoms with Crippen LogP contribution in [-0.4, -0.2) is 18.0 Å². The van der Waals surface area contributed by atoms with Crippen LogP contribution >= 0.6 is 11.3 Å². The Balaban J connectivity index is 1.39. The van der Waals surface area contributed by atoms with Crippen LogP contribution in [0.25, 0.3) is 31.8 Å². The fourth-order valence-electron chi connectivity index (χ4n) is 3.44. The molecule has 0 aliphatic heterocycles. The maximum Gasteiger partial charge on any atom is 0.349 e. The minimum Gasteiger partial charge on any atom is -0.497 e. The summed E-state index contributed by atoms with van der Waals surface area (Å²) < 4.78 is 11.6. The number of aryl methyl sites for hydroxylation is 1. The molecule has 6 nitrogen and oxygen atoms in total. The third-order valence-corrected chi connectivity index (χ3v) is 6.18. The molecule has 7 heteroatoms. The molecule has 0 saturated carbocycles. The summed E-state index contributed by atoms with van der Waals surface area (Å²) in [7, 11) is 1.55. The lowest BCUT2D eigenvalue weighted by Gasteiger charge is -2.07. The number of anilines is 1. The topological polar surface area (TPSA) is 81.4 Å². The molecule has 0 atom stereocenters. The average Bonchev–Trinajstić information content (AvgIpc) is 3.22. The lowest BCUT2D eigenvalue weighted by Crippen LogP contribution is -2.20. The highest BCUT2D eigenvalue weighted by Crippen LogP contribution is 2.31. The quantitative estimate of drug-likeness (QED) is 0.364. The predicted molar refractivity (Wildman–Crippen MR) is 127 cm³/mol. The Morgan fingerprint density at radius 2 is 1.84 bits per heavy atom. The van der Waals surface area contributed by atoms with Gasteiger partial charge in [-0.05, 0) is 73.2 Å². The number of nitrogens with one attached hydrogen (secondary N) is 1. The van der Waals surface area contributed by atoms with Gasteiger partial charge in [0.05, 0.1) is 17.3 Å². The molecule has 0 radical (unpaired) electrons. The van der Waals surface area contributed by atoms with Crippen molar-refractivity contribution in [3.8, 4) is 16.3 Å². The van der Waals surface area contributed by atoms with Gasteiger partial charge in [-0.15, -0.1) is 11.3 Å². The van der Waals surface area contributed by atoms with Crippen molar-refractivity contribution in [3.63, 3.8) is 0 Å². The van der Waals surface area contributed by atoms with Gasteiger partial charge in [-0.25, -0.2) is 9.78 Å². The van der Waals surface area contributed by atoms with Crippen LogP contribution in [-0.2, 0) is 0 Å². The second-order valence-corrected chi connectivity index (χ2v) is 8.40. The highest BCUT2D eigenvalue weighted by atomic mass is 32.1. The number of benzene rings is 3. The second kappa shape index (κ2) is 7.94. The van der Waals surface area contributed by atoms with Gasteiger partial charge in [0.1, 0.15) is 21.9 Å². The zero-order chi connectivity index (χ0) is 22.2. The number of aromatic nitrogens is 1. The molecule has 3 aromatic carbocycles. The molecular weight excluding hydrogens is 424 g/mol. The van der Waals surface area contributed by atoms with E-state index in [0.29, 0.717) is 22.4 Å². The smallest absolute Gasteiger partial charge is 0.349 e. The lowest BCUT2D eigenvalue weighted by molar-refractivity contribution is 0.102. The molecule has 5 rings (SSSR count). The van der Waals surface area contributed by atoms with E-state index in [4.69, 9.17) is 9.15 Å². The molecule has 0 unspecified atom stereocenters. The zero-order valence-corrected chi connectivity index (χ0v) is 18.2. The van der Waals surface area contributed by atoms with Gasteiger partial charge in [0, 0.05) is 16.6 Å². The minimum atomic E-state index is -0.693. The number of hydrogen-bond acceptors (Lipinski definition) is 6. The van der Waals surface area contributed by atoms with E-state index >= 15 is 0 Å². The Labute approximate surface area is 187 Å². The first-order chi connectivity index (χ1) is 15.5. The molecule has 0 spiro atoms. The summed E-state index contributed by atoms with van der Waals surface area (Å²) in [6.07, 6.45) is 0. The van der Waals surface area contributed by atoms with Crippen molar-refractivity contribution in [1.29, 1.82) is 0 Å². The third-order valence-electron chi connectivity index (χ3n) is 5.12. The molecule has 0 aliphatic rings. The Morgan fingerprint density at radius 3 is 2.62 bits per heavy atom. The summed E-state index contributed by atoms with van der Waals surface area (Å²) in [6.45, 7) is 2.06. The van der Waals surface area contributed by atoms with Gasteiger partial charge in [0.2, 0.25) is 0 Å². The number of amides is 1. The van der Waals surface area contributed by atoms with E-state index < -0.39 is 11.5 Å². The van der Waals surface area contributed by atoms with Crippen molar-refractivity contribution in [3.05, 3.63) is 88.3 Å². The van der Waals surface area contributed by atoms with E-state index in [-0.39, 0.29) is 5.56 Å². The molecule has 1 N–H and O–H groups in total. The zero-order valence-electron chi connectivity index (χ0n) is 17.3. The molecule has 2 aromatic heterocycles. The molecule has 0 bridgehead atoms. The van der Waals surface area contributed by atoms with E-state index in [1.165, 1.54) is 11.6 Å². The average molecular weight is 442 g/mol. The summed E-state index contributed by atoms with van der Waals surface area (Å²) in [6, 6.07) is 20.1. The number of nitrogens with zero attached hydrogens (tertiary/aromatic N) is 1. The van der Waals surface area contributed by atoms with Crippen molar-refractivity contribution in [2.24, 2.45) is 0 Å². The van der Waals surface area contributed by atoms with Crippen molar-refractivity contribution in [2.45, 2.75) is 6.92 Å². The number of rotatable bonds is 4. The lowest BCUT2D eigenvalue weighted by atomic mass is 10.1. The Kier molecular flexibility index (Phi) is 4.95. The van der Waals surface area contributed by atoms with E-state index in [1.54, 1.807) is 48.8 Å². The fraction of sp³-hybridized carbons (Fsp3) is 0.0800. The largest absolute Gasteiger partial charge is 0.497 e. The number of hydrogen-bond donors (Lipinski definition) is 1. The van der Waals surface area contributed by atoms with Gasteiger partial charge in [0.15, 0.2) is 0 Å². The number of ether oxygens (including phenoxy) is 1. The van der Waals surface area contributed by atoms with Crippen LogP contribution in [0.15, 0.2) is 75.9 Å². The first-order valence-electron chi connectivity index (χ1n) is 9.91. The van der Waals surface area contributed by atoms with Crippen LogP contribution in [0, 0.1) is 6.92 Å². The summed E-state index contributed by atoms with van der Waals surface area (Å²) in [5.41, 5.74) is 3.32. The Morgan fingerprint density at radius 1 is 1.03 bits per heavy atom. The van der Waals surface area contributed by atoms with Crippen LogP contribution in [0.5, 0.6) is 5.75 Å². The molecule has 2 heterocycles. The van der Waals surface area contributed by atoms with Gasteiger partial charge >= 0.3 is 5.63 Å². The SMILES string of the molecule is COc1ccc2oc(=O)c(C(=O)Nc3ccc(-c4nc5ccc(C)cc5s4)cc3)cc2c1. The molecule has 0 aliphatic carbocycles. The minimum absolute atomic E-state index is 0.0728. The normalized spacial score (nSPS) is 11.1. The first-order valence-corrected chi connectivity index (χ1v) is 10.7. The molecule has 32 heavy (non-hydrogen) atoms. The number of fused-ring (bicyclic) bond motifs is 2. The van der Waals surface area contributed by atoms with Crippen LogP contribution in [0.2, 0.25) is 0 Å². The number of methoxy groups -OCH3 is 1. The summed E-state index contributed by atoms with van der Waals surface area (Å²) >= 11 is 1.62. The highest BCUT2D eigenvalue weighted by molar-refractivity contribution is 7.21. The van der Waals surface area contributed by atoms with Gasteiger partial charge in [-0.1, -0.05) is 6.07 Å². The standard InChI is InChI=1S/C25H18N2O4S/c1-14-3-9-20-22(11-14)32-24(27-20)15-4-6-17(7-5-15)26-23(28)19-13-16-12-18(30-2)8-10-21(16)31-25(19)29/h3-13H,1-2H3,(H,26,28). The van der Waals surface area contributed by atoms with Crippen molar-refractivity contribution in [1.82, 2.24) is 4.98 Å². The monoisotopic (exact) mass is 442 g/mol.